The molecule has 46 valence electrons. The molecule has 0 bridgehead atoms. The van der Waals surface area contributed by atoms with Crippen molar-refractivity contribution in [2.24, 2.45) is 5.73 Å². The highest BCUT2D eigenvalue weighted by Crippen LogP contribution is 1.63. The van der Waals surface area contributed by atoms with Gasteiger partial charge < -0.3 is 11.1 Å². The van der Waals surface area contributed by atoms with Crippen LogP contribution in [0, 0.1) is 0 Å². The van der Waals surface area contributed by atoms with Gasteiger partial charge in [0.1, 0.15) is 0 Å². The van der Waals surface area contributed by atoms with E-state index in [0.29, 0.717) is 0 Å². The van der Waals surface area contributed by atoms with Crippen LogP contribution in [0.15, 0.2) is 0 Å². The molecule has 3 heteroatoms. The summed E-state index contributed by atoms with van der Waals surface area (Å²) < 4.78 is 0. The van der Waals surface area contributed by atoms with E-state index in [1.807, 2.05) is 14.0 Å². The van der Waals surface area contributed by atoms with Gasteiger partial charge in [0.25, 0.3) is 0 Å². The molecule has 0 aliphatic rings. The number of nitrogens with one attached hydrogen (secondary N) is 1. The highest BCUT2D eigenvalue weighted by molar-refractivity contribution is 5.85. The summed E-state index contributed by atoms with van der Waals surface area (Å²) in [6.45, 7) is 2.87. The molecule has 2 nitrogen and oxygen atoms in total. The summed E-state index contributed by atoms with van der Waals surface area (Å²) in [5.74, 6) is 0. The van der Waals surface area contributed by atoms with E-state index in [9.17, 15) is 0 Å². The molecule has 3 N–H and O–H groups in total. The molecule has 1 atom stereocenters. The number of likely N-dealkylation sites (N-methyl/N-ethyl adjacent to an activating group) is 1. The Hall–Kier alpha value is 0.210. The predicted octanol–water partition coefficient (Wildman–Crippen LogP) is -0.0252. The third kappa shape index (κ3) is 10.7. The first-order valence-electron chi connectivity index (χ1n) is 2.17. The Morgan fingerprint density at radius 3 is 2.14 bits per heavy atom. The lowest BCUT2D eigenvalue weighted by atomic mass is 10.4. The first-order valence-corrected chi connectivity index (χ1v) is 2.17. The van der Waals surface area contributed by atoms with Crippen molar-refractivity contribution in [3.8, 4) is 0 Å². The van der Waals surface area contributed by atoms with Crippen LogP contribution in [0.5, 0.6) is 0 Å². The molecule has 0 heterocycles. The summed E-state index contributed by atoms with van der Waals surface area (Å²) >= 11 is 0. The van der Waals surface area contributed by atoms with E-state index in [1.54, 1.807) is 0 Å². The van der Waals surface area contributed by atoms with Crippen molar-refractivity contribution in [3.63, 3.8) is 0 Å². The van der Waals surface area contributed by atoms with E-state index >= 15 is 0 Å². The van der Waals surface area contributed by atoms with Crippen LogP contribution >= 0.6 is 12.4 Å². The van der Waals surface area contributed by atoms with Crippen molar-refractivity contribution in [3.05, 3.63) is 0 Å². The maximum Gasteiger partial charge on any atom is 0.0136 e. The normalized spacial score (nSPS) is 12.4. The average molecular weight is 125 g/mol. The molecule has 0 aromatic heterocycles. The molecule has 0 rings (SSSR count). The zero-order valence-electron chi connectivity index (χ0n) is 4.77. The van der Waals surface area contributed by atoms with Crippen molar-refractivity contribution < 1.29 is 0 Å². The van der Waals surface area contributed by atoms with Crippen molar-refractivity contribution in [2.45, 2.75) is 13.0 Å². The average Bonchev–Trinajstić information content (AvgIpc) is 1.35. The fraction of sp³-hybridized carbons (Fsp3) is 1.00. The summed E-state index contributed by atoms with van der Waals surface area (Å²) in [4.78, 5) is 0. The number of hydrogen-bond acceptors (Lipinski definition) is 2. The largest absolute Gasteiger partial charge is 0.327 e. The Morgan fingerprint density at radius 2 is 2.14 bits per heavy atom. The lowest BCUT2D eigenvalue weighted by Gasteiger charge is -1.99. The van der Waals surface area contributed by atoms with E-state index in [2.05, 4.69) is 5.32 Å². The summed E-state index contributed by atoms with van der Waals surface area (Å²) in [5.41, 5.74) is 5.34. The predicted molar refractivity (Wildman–Crippen MR) is 34.8 cm³/mol. The fourth-order valence-electron chi connectivity index (χ4n) is 0.322. The Kier molecular flexibility index (Phi) is 9.09. The van der Waals surface area contributed by atoms with Gasteiger partial charge in [0.2, 0.25) is 0 Å². The number of rotatable bonds is 2. The molecule has 0 aliphatic carbocycles. The van der Waals surface area contributed by atoms with E-state index in [1.165, 1.54) is 0 Å². The van der Waals surface area contributed by atoms with Gasteiger partial charge in [0.15, 0.2) is 0 Å². The molecule has 0 spiro atoms. The molecule has 0 aromatic rings. The lowest BCUT2D eigenvalue weighted by Crippen LogP contribution is -2.28. The molecule has 0 saturated heterocycles. The Bertz CT molecular complexity index is 30.9. The van der Waals surface area contributed by atoms with Crippen LogP contribution < -0.4 is 11.1 Å². The van der Waals surface area contributed by atoms with Crippen LogP contribution in [0.3, 0.4) is 0 Å². The smallest absolute Gasteiger partial charge is 0.0136 e. The molecule has 0 aliphatic heterocycles. The molecular formula is C4H13ClN2. The number of hydrogen-bond donors (Lipinski definition) is 2. The molecule has 0 saturated carbocycles. The van der Waals surface area contributed by atoms with Gasteiger partial charge in [-0.2, -0.15) is 0 Å². The van der Waals surface area contributed by atoms with Gasteiger partial charge in [-0.05, 0) is 14.0 Å². The van der Waals surface area contributed by atoms with Gasteiger partial charge in [-0.15, -0.1) is 12.4 Å². The van der Waals surface area contributed by atoms with Gasteiger partial charge >= 0.3 is 0 Å². The van der Waals surface area contributed by atoms with Gasteiger partial charge in [-0.1, -0.05) is 0 Å². The molecule has 7 heavy (non-hydrogen) atoms. The van der Waals surface area contributed by atoms with Crippen LogP contribution in [0.2, 0.25) is 0 Å². The SMILES string of the molecule is CNCC(C)N.Cl. The second kappa shape index (κ2) is 6.21. The first kappa shape index (κ1) is 10.2. The second-order valence-corrected chi connectivity index (χ2v) is 1.53. The maximum absolute atomic E-state index is 5.34. The summed E-state index contributed by atoms with van der Waals surface area (Å²) in [5, 5.41) is 2.94. The van der Waals surface area contributed by atoms with Gasteiger partial charge in [0, 0.05) is 12.6 Å². The molecule has 1 unspecified atom stereocenters. The molecule has 0 fully saturated rings. The zero-order chi connectivity index (χ0) is 4.99. The van der Waals surface area contributed by atoms with E-state index in [4.69, 9.17) is 5.73 Å². The molecular weight excluding hydrogens is 112 g/mol. The summed E-state index contributed by atoms with van der Waals surface area (Å²) in [6.07, 6.45) is 0. The van der Waals surface area contributed by atoms with Crippen molar-refractivity contribution >= 4 is 12.4 Å². The minimum atomic E-state index is 0. The molecule has 0 amide bonds. The Labute approximate surface area is 50.9 Å². The first-order chi connectivity index (χ1) is 2.77. The number of nitrogens with two attached hydrogens (primary N) is 1. The monoisotopic (exact) mass is 124 g/mol. The highest BCUT2D eigenvalue weighted by atomic mass is 35.5. The standard InChI is InChI=1S/C4H12N2.ClH/c1-4(5)3-6-2;/h4,6H,3,5H2,1-2H3;1H. The Balaban J connectivity index is 0. The maximum atomic E-state index is 5.34. The van der Waals surface area contributed by atoms with Crippen LogP contribution in [-0.2, 0) is 0 Å². The fourth-order valence-corrected chi connectivity index (χ4v) is 0.322. The minimum Gasteiger partial charge on any atom is -0.327 e. The number of halogens is 1. The van der Waals surface area contributed by atoms with Crippen LogP contribution in [0.4, 0.5) is 0 Å². The zero-order valence-corrected chi connectivity index (χ0v) is 5.59. The third-order valence-corrected chi connectivity index (χ3v) is 0.526. The van der Waals surface area contributed by atoms with Crippen LogP contribution in [0.1, 0.15) is 6.92 Å². The lowest BCUT2D eigenvalue weighted by molar-refractivity contribution is 0.666. The highest BCUT2D eigenvalue weighted by Gasteiger charge is 1.84. The van der Waals surface area contributed by atoms with Gasteiger partial charge in [-0.25, -0.2) is 0 Å². The van der Waals surface area contributed by atoms with E-state index < -0.39 is 0 Å². The van der Waals surface area contributed by atoms with Crippen molar-refractivity contribution in [1.29, 1.82) is 0 Å². The summed E-state index contributed by atoms with van der Waals surface area (Å²) in [6, 6.07) is 0.287. The molecule has 0 radical (unpaired) electrons. The topological polar surface area (TPSA) is 38.0 Å². The van der Waals surface area contributed by atoms with Gasteiger partial charge in [0.05, 0.1) is 0 Å². The van der Waals surface area contributed by atoms with Crippen molar-refractivity contribution in [1.82, 2.24) is 5.32 Å². The molecule has 0 aromatic carbocycles. The Morgan fingerprint density at radius 1 is 1.71 bits per heavy atom. The van der Waals surface area contributed by atoms with Crippen molar-refractivity contribution in [2.75, 3.05) is 13.6 Å². The second-order valence-electron chi connectivity index (χ2n) is 1.53. The quantitative estimate of drug-likeness (QED) is 0.543. The van der Waals surface area contributed by atoms with Gasteiger partial charge in [-0.3, -0.25) is 0 Å². The third-order valence-electron chi connectivity index (χ3n) is 0.526. The van der Waals surface area contributed by atoms with Crippen LogP contribution in [-0.4, -0.2) is 19.6 Å². The van der Waals surface area contributed by atoms with Crippen LogP contribution in [0.25, 0.3) is 0 Å². The minimum absolute atomic E-state index is 0. The van der Waals surface area contributed by atoms with E-state index in [-0.39, 0.29) is 18.4 Å². The van der Waals surface area contributed by atoms with E-state index in [0.717, 1.165) is 6.54 Å². The summed E-state index contributed by atoms with van der Waals surface area (Å²) in [7, 11) is 1.89.